The number of likely N-dealkylation sites (tertiary alicyclic amines) is 1. The van der Waals surface area contributed by atoms with Gasteiger partial charge in [-0.25, -0.2) is 0 Å². The lowest BCUT2D eigenvalue weighted by Gasteiger charge is -2.30. The van der Waals surface area contributed by atoms with E-state index < -0.39 is 0 Å². The first-order valence-corrected chi connectivity index (χ1v) is 9.40. The van der Waals surface area contributed by atoms with Crippen LogP contribution in [-0.4, -0.2) is 44.4 Å². The second-order valence-electron chi connectivity index (χ2n) is 6.87. The van der Waals surface area contributed by atoms with Crippen LogP contribution in [0.5, 0.6) is 5.75 Å². The number of nitrogens with zero attached hydrogens (tertiary/aromatic N) is 1. The molecule has 0 radical (unpaired) electrons. The number of para-hydroxylation sites is 1. The second kappa shape index (κ2) is 9.59. The van der Waals surface area contributed by atoms with Crippen molar-refractivity contribution < 1.29 is 9.47 Å². The van der Waals surface area contributed by atoms with Crippen molar-refractivity contribution in [2.45, 2.75) is 19.8 Å². The Morgan fingerprint density at radius 3 is 2.60 bits per heavy atom. The van der Waals surface area contributed by atoms with Gasteiger partial charge in [-0.1, -0.05) is 55.5 Å². The smallest absolute Gasteiger partial charge is 0.127 e. The van der Waals surface area contributed by atoms with E-state index >= 15 is 0 Å². The molecule has 25 heavy (non-hydrogen) atoms. The maximum atomic E-state index is 5.96. The monoisotopic (exact) mass is 339 g/mol. The Kier molecular flexibility index (Phi) is 6.89. The molecule has 0 spiro atoms. The maximum absolute atomic E-state index is 5.96. The van der Waals surface area contributed by atoms with Crippen LogP contribution in [0.3, 0.4) is 0 Å². The lowest BCUT2D eigenvalue weighted by Crippen LogP contribution is -2.36. The summed E-state index contributed by atoms with van der Waals surface area (Å²) in [4.78, 5) is 2.51. The summed E-state index contributed by atoms with van der Waals surface area (Å²) in [6.45, 7) is 7.80. The van der Waals surface area contributed by atoms with Crippen molar-refractivity contribution in [1.29, 1.82) is 0 Å². The first kappa shape index (κ1) is 18.0. The van der Waals surface area contributed by atoms with Crippen LogP contribution in [0.15, 0.2) is 54.6 Å². The lowest BCUT2D eigenvalue weighted by molar-refractivity contribution is 0.0690. The number of rotatable bonds is 8. The minimum Gasteiger partial charge on any atom is -0.491 e. The topological polar surface area (TPSA) is 21.7 Å². The van der Waals surface area contributed by atoms with E-state index in [9.17, 15) is 0 Å². The Morgan fingerprint density at radius 1 is 0.960 bits per heavy atom. The molecule has 0 unspecified atom stereocenters. The molecule has 0 amide bonds. The van der Waals surface area contributed by atoms with Gasteiger partial charge in [0.15, 0.2) is 0 Å². The van der Waals surface area contributed by atoms with Crippen LogP contribution in [0.4, 0.5) is 0 Å². The third-order valence-corrected chi connectivity index (χ3v) is 4.75. The van der Waals surface area contributed by atoms with Crippen LogP contribution in [0.25, 0.3) is 11.1 Å². The summed E-state index contributed by atoms with van der Waals surface area (Å²) < 4.78 is 11.7. The van der Waals surface area contributed by atoms with Crippen molar-refractivity contribution in [3.8, 4) is 16.9 Å². The number of hydrogen-bond donors (Lipinski definition) is 0. The average Bonchev–Trinajstić information content (AvgIpc) is 2.66. The van der Waals surface area contributed by atoms with Gasteiger partial charge in [-0.2, -0.15) is 0 Å². The number of piperidine rings is 1. The van der Waals surface area contributed by atoms with Crippen LogP contribution >= 0.6 is 0 Å². The van der Waals surface area contributed by atoms with Crippen LogP contribution in [0.2, 0.25) is 0 Å². The number of hydrogen-bond acceptors (Lipinski definition) is 3. The molecule has 3 heteroatoms. The summed E-state index contributed by atoms with van der Waals surface area (Å²) in [5.74, 6) is 1.74. The highest BCUT2D eigenvalue weighted by molar-refractivity contribution is 5.70. The van der Waals surface area contributed by atoms with E-state index in [1.165, 1.54) is 31.5 Å². The Morgan fingerprint density at radius 2 is 1.76 bits per heavy atom. The van der Waals surface area contributed by atoms with Crippen LogP contribution in [0.1, 0.15) is 19.8 Å². The molecule has 0 saturated carbocycles. The molecule has 0 aromatic heterocycles. The van der Waals surface area contributed by atoms with E-state index in [0.29, 0.717) is 13.2 Å². The molecule has 2 aromatic rings. The molecule has 1 aliphatic rings. The van der Waals surface area contributed by atoms with Crippen molar-refractivity contribution in [2.24, 2.45) is 5.92 Å². The molecule has 0 aliphatic carbocycles. The van der Waals surface area contributed by atoms with Crippen LogP contribution < -0.4 is 4.74 Å². The molecule has 1 heterocycles. The Hall–Kier alpha value is -1.84. The SMILES string of the molecule is C[C@@H]1CCCN(CCOCCOc2ccccc2-c2ccccc2)C1. The first-order valence-electron chi connectivity index (χ1n) is 9.40. The zero-order valence-electron chi connectivity index (χ0n) is 15.2. The zero-order chi connectivity index (χ0) is 17.3. The van der Waals surface area contributed by atoms with Crippen molar-refractivity contribution in [2.75, 3.05) is 39.5 Å². The highest BCUT2D eigenvalue weighted by Gasteiger charge is 2.15. The quantitative estimate of drug-likeness (QED) is 0.662. The fraction of sp³-hybridized carbons (Fsp3) is 0.455. The number of benzene rings is 2. The predicted molar refractivity (Wildman–Crippen MR) is 103 cm³/mol. The molecule has 0 bridgehead atoms. The highest BCUT2D eigenvalue weighted by Crippen LogP contribution is 2.29. The summed E-state index contributed by atoms with van der Waals surface area (Å²) in [5, 5.41) is 0. The van der Waals surface area contributed by atoms with E-state index in [4.69, 9.17) is 9.47 Å². The molecule has 1 aliphatic heterocycles. The van der Waals surface area contributed by atoms with Gasteiger partial charge >= 0.3 is 0 Å². The van der Waals surface area contributed by atoms with E-state index in [2.05, 4.69) is 42.2 Å². The first-order chi connectivity index (χ1) is 12.3. The molecular weight excluding hydrogens is 310 g/mol. The zero-order valence-corrected chi connectivity index (χ0v) is 15.2. The van der Waals surface area contributed by atoms with Crippen molar-refractivity contribution in [3.63, 3.8) is 0 Å². The molecule has 1 saturated heterocycles. The molecular formula is C22H29NO2. The molecule has 1 fully saturated rings. The Bertz CT molecular complexity index is 629. The van der Waals surface area contributed by atoms with Crippen molar-refractivity contribution in [1.82, 2.24) is 4.90 Å². The minimum atomic E-state index is 0.584. The molecule has 134 valence electrons. The lowest BCUT2D eigenvalue weighted by atomic mass is 10.0. The van der Waals surface area contributed by atoms with E-state index in [-0.39, 0.29) is 0 Å². The van der Waals surface area contributed by atoms with Gasteiger partial charge in [-0.15, -0.1) is 0 Å². The summed E-state index contributed by atoms with van der Waals surface area (Å²) in [6.07, 6.45) is 2.69. The van der Waals surface area contributed by atoms with Crippen molar-refractivity contribution in [3.05, 3.63) is 54.6 Å². The van der Waals surface area contributed by atoms with Gasteiger partial charge in [0, 0.05) is 18.7 Å². The third-order valence-electron chi connectivity index (χ3n) is 4.75. The summed E-state index contributed by atoms with van der Waals surface area (Å²) >= 11 is 0. The van der Waals surface area contributed by atoms with E-state index in [0.717, 1.165) is 30.4 Å². The van der Waals surface area contributed by atoms with Gasteiger partial charge in [0.05, 0.1) is 13.2 Å². The summed E-state index contributed by atoms with van der Waals surface area (Å²) in [5.41, 5.74) is 2.31. The van der Waals surface area contributed by atoms with Gasteiger partial charge in [-0.3, -0.25) is 0 Å². The number of ether oxygens (including phenoxy) is 2. The van der Waals surface area contributed by atoms with Gasteiger partial charge in [-0.05, 0) is 36.9 Å². The molecule has 2 aromatic carbocycles. The van der Waals surface area contributed by atoms with Gasteiger partial charge in [0.1, 0.15) is 12.4 Å². The standard InChI is InChI=1S/C22H29NO2/c1-19-8-7-13-23(18-19)14-15-24-16-17-25-22-12-6-5-11-21(22)20-9-3-2-4-10-20/h2-6,9-12,19H,7-8,13-18H2,1H3/t19-/m1/s1. The fourth-order valence-corrected chi connectivity index (χ4v) is 3.44. The summed E-state index contributed by atoms with van der Waals surface area (Å²) in [7, 11) is 0. The highest BCUT2D eigenvalue weighted by atomic mass is 16.5. The molecule has 3 rings (SSSR count). The third kappa shape index (κ3) is 5.58. The normalized spacial score (nSPS) is 18.2. The molecule has 0 N–H and O–H groups in total. The van der Waals surface area contributed by atoms with Gasteiger partial charge in [0.25, 0.3) is 0 Å². The van der Waals surface area contributed by atoms with E-state index in [1.807, 2.05) is 24.3 Å². The molecule has 1 atom stereocenters. The summed E-state index contributed by atoms with van der Waals surface area (Å²) in [6, 6.07) is 18.5. The fourth-order valence-electron chi connectivity index (χ4n) is 3.44. The van der Waals surface area contributed by atoms with Crippen molar-refractivity contribution >= 4 is 0 Å². The largest absolute Gasteiger partial charge is 0.491 e. The Balaban J connectivity index is 1.39. The van der Waals surface area contributed by atoms with Crippen LogP contribution in [-0.2, 0) is 4.74 Å². The average molecular weight is 339 g/mol. The minimum absolute atomic E-state index is 0.584. The predicted octanol–water partition coefficient (Wildman–Crippen LogP) is 4.48. The molecule has 3 nitrogen and oxygen atoms in total. The van der Waals surface area contributed by atoms with Gasteiger partial charge < -0.3 is 14.4 Å². The second-order valence-corrected chi connectivity index (χ2v) is 6.87. The van der Waals surface area contributed by atoms with E-state index in [1.54, 1.807) is 0 Å². The Labute approximate surface area is 151 Å². The van der Waals surface area contributed by atoms with Gasteiger partial charge in [0.2, 0.25) is 0 Å². The van der Waals surface area contributed by atoms with Crippen LogP contribution in [0, 0.1) is 5.92 Å². The maximum Gasteiger partial charge on any atom is 0.127 e.